The Morgan fingerprint density at radius 3 is 2.74 bits per heavy atom. The quantitative estimate of drug-likeness (QED) is 0.798. The predicted octanol–water partition coefficient (Wildman–Crippen LogP) is 1.85. The van der Waals surface area contributed by atoms with Crippen LogP contribution in [0.2, 0.25) is 10.0 Å². The molecule has 6 heteroatoms. The van der Waals surface area contributed by atoms with Crippen LogP contribution in [0.4, 0.5) is 0 Å². The highest BCUT2D eigenvalue weighted by atomic mass is 35.5. The highest BCUT2D eigenvalue weighted by Crippen LogP contribution is 2.27. The van der Waals surface area contributed by atoms with Crippen molar-refractivity contribution in [3.8, 4) is 0 Å². The van der Waals surface area contributed by atoms with E-state index < -0.39 is 6.10 Å². The molecule has 1 fully saturated rings. The Bertz CT molecular complexity index is 481. The molecule has 1 aromatic carbocycles. The Kier molecular flexibility index (Phi) is 4.68. The van der Waals surface area contributed by atoms with E-state index in [9.17, 15) is 9.90 Å². The van der Waals surface area contributed by atoms with Gasteiger partial charge < -0.3 is 15.5 Å². The minimum absolute atomic E-state index is 0.0779. The van der Waals surface area contributed by atoms with Crippen molar-refractivity contribution in [1.82, 2.24) is 5.32 Å². The van der Waals surface area contributed by atoms with E-state index in [-0.39, 0.29) is 24.5 Å². The molecule has 0 unspecified atom stereocenters. The highest BCUT2D eigenvalue weighted by Gasteiger charge is 2.33. The van der Waals surface area contributed by atoms with Crippen LogP contribution in [0.1, 0.15) is 23.2 Å². The summed E-state index contributed by atoms with van der Waals surface area (Å²) in [6, 6.07) is 4.53. The van der Waals surface area contributed by atoms with Gasteiger partial charge in [-0.25, -0.2) is 0 Å². The highest BCUT2D eigenvalue weighted by molar-refractivity contribution is 6.35. The second kappa shape index (κ2) is 6.09. The molecule has 0 aromatic heterocycles. The monoisotopic (exact) mass is 303 g/mol. The summed E-state index contributed by atoms with van der Waals surface area (Å²) in [4.78, 5) is 12.1. The largest absolute Gasteiger partial charge is 0.396 e. The van der Waals surface area contributed by atoms with Crippen molar-refractivity contribution >= 4 is 29.1 Å². The lowest BCUT2D eigenvalue weighted by molar-refractivity contribution is 0.0903. The molecule has 1 aromatic rings. The molecule has 0 aliphatic heterocycles. The third kappa shape index (κ3) is 3.39. The van der Waals surface area contributed by atoms with E-state index in [4.69, 9.17) is 28.3 Å². The normalized spacial score (nSPS) is 26.4. The van der Waals surface area contributed by atoms with Crippen LogP contribution in [0.5, 0.6) is 0 Å². The molecule has 1 aliphatic rings. The van der Waals surface area contributed by atoms with E-state index in [1.807, 2.05) is 0 Å². The summed E-state index contributed by atoms with van der Waals surface area (Å²) in [6.07, 6.45) is 0.418. The number of carbonyl (C=O) groups is 1. The zero-order valence-corrected chi connectivity index (χ0v) is 11.7. The van der Waals surface area contributed by atoms with Crippen molar-refractivity contribution in [3.05, 3.63) is 33.8 Å². The number of amides is 1. The number of carbonyl (C=O) groups excluding carboxylic acids is 1. The summed E-state index contributed by atoms with van der Waals surface area (Å²) >= 11 is 11.8. The van der Waals surface area contributed by atoms with E-state index >= 15 is 0 Å². The van der Waals surface area contributed by atoms with E-state index in [2.05, 4.69) is 5.32 Å². The lowest BCUT2D eigenvalue weighted by Crippen LogP contribution is -2.33. The molecular weight excluding hydrogens is 289 g/mol. The summed E-state index contributed by atoms with van der Waals surface area (Å²) in [5, 5.41) is 22.3. The Labute approximate surface area is 121 Å². The fourth-order valence-corrected chi connectivity index (χ4v) is 2.73. The average molecular weight is 304 g/mol. The summed E-state index contributed by atoms with van der Waals surface area (Å²) in [5.74, 6) is -0.497. The van der Waals surface area contributed by atoms with Gasteiger partial charge in [-0.15, -0.1) is 0 Å². The summed E-state index contributed by atoms with van der Waals surface area (Å²) < 4.78 is 0. The van der Waals surface area contributed by atoms with Crippen molar-refractivity contribution < 1.29 is 15.0 Å². The first-order valence-corrected chi connectivity index (χ1v) is 6.81. The van der Waals surface area contributed by atoms with Gasteiger partial charge in [0.05, 0.1) is 16.7 Å². The molecule has 3 N–H and O–H groups in total. The second-order valence-corrected chi connectivity index (χ2v) is 5.62. The maximum atomic E-state index is 12.1. The maximum Gasteiger partial charge on any atom is 0.253 e. The molecule has 1 saturated carbocycles. The number of halogens is 2. The summed E-state index contributed by atoms with van der Waals surface area (Å²) in [5.41, 5.74) is 0.316. The first kappa shape index (κ1) is 14.6. The summed E-state index contributed by atoms with van der Waals surface area (Å²) in [7, 11) is 0. The topological polar surface area (TPSA) is 69.6 Å². The van der Waals surface area contributed by atoms with Crippen LogP contribution in [0, 0.1) is 5.92 Å². The second-order valence-electron chi connectivity index (χ2n) is 4.78. The molecule has 3 atom stereocenters. The number of benzene rings is 1. The van der Waals surface area contributed by atoms with E-state index in [1.54, 1.807) is 12.1 Å². The number of hydrogen-bond acceptors (Lipinski definition) is 3. The van der Waals surface area contributed by atoms with Crippen LogP contribution >= 0.6 is 23.2 Å². The van der Waals surface area contributed by atoms with Gasteiger partial charge in [-0.3, -0.25) is 4.79 Å². The molecule has 19 heavy (non-hydrogen) atoms. The molecular formula is C13H15Cl2NO3. The SMILES string of the molecule is O=C(N[C@H]1C[C@H](CO)[C@H](O)C1)c1cc(Cl)ccc1Cl. The number of nitrogens with one attached hydrogen (secondary N) is 1. The van der Waals surface area contributed by atoms with Crippen LogP contribution in [0.3, 0.4) is 0 Å². The van der Waals surface area contributed by atoms with Gasteiger partial charge in [-0.05, 0) is 31.0 Å². The number of aliphatic hydroxyl groups is 2. The van der Waals surface area contributed by atoms with Crippen molar-refractivity contribution in [2.45, 2.75) is 25.0 Å². The lowest BCUT2D eigenvalue weighted by Gasteiger charge is -2.13. The van der Waals surface area contributed by atoms with Gasteiger partial charge in [0.15, 0.2) is 0 Å². The Hall–Kier alpha value is -0.810. The van der Waals surface area contributed by atoms with Gasteiger partial charge in [0, 0.05) is 23.6 Å². The van der Waals surface area contributed by atoms with Crippen LogP contribution in [-0.4, -0.2) is 34.9 Å². The zero-order chi connectivity index (χ0) is 14.0. The Balaban J connectivity index is 2.04. The van der Waals surface area contributed by atoms with Crippen LogP contribution < -0.4 is 5.32 Å². The minimum atomic E-state index is -0.579. The Morgan fingerprint density at radius 2 is 2.11 bits per heavy atom. The van der Waals surface area contributed by atoms with E-state index in [0.717, 1.165) is 0 Å². The first-order chi connectivity index (χ1) is 9.01. The Morgan fingerprint density at radius 1 is 1.37 bits per heavy atom. The van der Waals surface area contributed by atoms with Crippen LogP contribution in [0.15, 0.2) is 18.2 Å². The molecule has 1 amide bonds. The molecule has 0 spiro atoms. The van der Waals surface area contributed by atoms with Crippen molar-refractivity contribution in [3.63, 3.8) is 0 Å². The molecule has 104 valence electrons. The molecule has 2 rings (SSSR count). The van der Waals surface area contributed by atoms with Crippen LogP contribution in [0.25, 0.3) is 0 Å². The first-order valence-electron chi connectivity index (χ1n) is 6.06. The van der Waals surface area contributed by atoms with Gasteiger partial charge in [-0.1, -0.05) is 23.2 Å². The van der Waals surface area contributed by atoms with Gasteiger partial charge in [0.1, 0.15) is 0 Å². The van der Waals surface area contributed by atoms with Crippen molar-refractivity contribution in [2.75, 3.05) is 6.61 Å². The molecule has 0 saturated heterocycles. The molecule has 0 bridgehead atoms. The van der Waals surface area contributed by atoms with Gasteiger partial charge in [-0.2, -0.15) is 0 Å². The fraction of sp³-hybridized carbons (Fsp3) is 0.462. The van der Waals surface area contributed by atoms with Gasteiger partial charge >= 0.3 is 0 Å². The third-order valence-corrected chi connectivity index (χ3v) is 3.96. The zero-order valence-electron chi connectivity index (χ0n) is 10.1. The fourth-order valence-electron chi connectivity index (χ4n) is 2.35. The molecule has 0 radical (unpaired) electrons. The molecule has 4 nitrogen and oxygen atoms in total. The van der Waals surface area contributed by atoms with Gasteiger partial charge in [0.25, 0.3) is 5.91 Å². The molecule has 0 heterocycles. The standard InChI is InChI=1S/C13H15Cl2NO3/c14-8-1-2-11(15)10(4-8)13(19)16-9-3-7(6-17)12(18)5-9/h1-2,4,7,9,12,17-18H,3,5-6H2,(H,16,19)/t7-,9+,12-/m1/s1. The minimum Gasteiger partial charge on any atom is -0.396 e. The summed E-state index contributed by atoms with van der Waals surface area (Å²) in [6.45, 7) is -0.0779. The third-order valence-electron chi connectivity index (χ3n) is 3.40. The van der Waals surface area contributed by atoms with E-state index in [0.29, 0.717) is 28.5 Å². The number of aliphatic hydroxyl groups excluding tert-OH is 2. The predicted molar refractivity (Wildman–Crippen MR) is 73.5 cm³/mol. The van der Waals surface area contributed by atoms with Crippen LogP contribution in [-0.2, 0) is 0 Å². The number of hydrogen-bond donors (Lipinski definition) is 3. The number of rotatable bonds is 3. The smallest absolute Gasteiger partial charge is 0.253 e. The van der Waals surface area contributed by atoms with E-state index in [1.165, 1.54) is 6.07 Å². The lowest BCUT2D eigenvalue weighted by atomic mass is 10.1. The molecule has 1 aliphatic carbocycles. The maximum absolute atomic E-state index is 12.1. The van der Waals surface area contributed by atoms with Crippen molar-refractivity contribution in [1.29, 1.82) is 0 Å². The average Bonchev–Trinajstić information content (AvgIpc) is 2.72. The van der Waals surface area contributed by atoms with Gasteiger partial charge in [0.2, 0.25) is 0 Å². The van der Waals surface area contributed by atoms with Crippen molar-refractivity contribution in [2.24, 2.45) is 5.92 Å².